The molecule has 0 saturated heterocycles. The van der Waals surface area contributed by atoms with Gasteiger partial charge in [-0.3, -0.25) is 4.40 Å². The number of anilines is 1. The molecule has 19 heavy (non-hydrogen) atoms. The number of hydrogen-bond acceptors (Lipinski definition) is 5. The second kappa shape index (κ2) is 4.65. The molecule has 0 unspecified atom stereocenters. The summed E-state index contributed by atoms with van der Waals surface area (Å²) in [6.07, 6.45) is -4.25. The first kappa shape index (κ1) is 14.1. The summed E-state index contributed by atoms with van der Waals surface area (Å²) >= 11 is 1.17. The molecular formula is C8H9F3N4O2S2. The number of sulfonamides is 1. The molecule has 0 aliphatic rings. The lowest BCUT2D eigenvalue weighted by Crippen LogP contribution is -2.29. The summed E-state index contributed by atoms with van der Waals surface area (Å²) in [6.45, 7) is -0.747. The summed E-state index contributed by atoms with van der Waals surface area (Å²) in [5.74, 6) is -0.244. The maximum absolute atomic E-state index is 12.0. The zero-order valence-corrected chi connectivity index (χ0v) is 10.9. The van der Waals surface area contributed by atoms with E-state index in [4.69, 9.17) is 5.73 Å². The van der Waals surface area contributed by atoms with Crippen molar-refractivity contribution in [2.75, 3.05) is 12.3 Å². The van der Waals surface area contributed by atoms with Crippen LogP contribution in [-0.2, 0) is 10.0 Å². The minimum atomic E-state index is -4.43. The van der Waals surface area contributed by atoms with Crippen molar-refractivity contribution in [3.8, 4) is 0 Å². The van der Waals surface area contributed by atoms with Gasteiger partial charge in [0.25, 0.3) is 10.0 Å². The van der Waals surface area contributed by atoms with Crippen molar-refractivity contribution in [2.45, 2.75) is 17.6 Å². The lowest BCUT2D eigenvalue weighted by Gasteiger charge is -2.08. The number of hydrogen-bond donors (Lipinski definition) is 2. The lowest BCUT2D eigenvalue weighted by molar-refractivity contribution is -0.132. The average molecular weight is 314 g/mol. The molecule has 0 aliphatic carbocycles. The van der Waals surface area contributed by atoms with Gasteiger partial charge in [0.05, 0.1) is 6.42 Å². The number of imidazole rings is 1. The molecule has 0 aliphatic heterocycles. The van der Waals surface area contributed by atoms with E-state index >= 15 is 0 Å². The minimum Gasteiger partial charge on any atom is -0.381 e. The van der Waals surface area contributed by atoms with Crippen LogP contribution >= 0.6 is 11.3 Å². The molecule has 106 valence electrons. The number of nitrogen functional groups attached to an aromatic ring is 1. The molecule has 0 atom stereocenters. The molecule has 0 bridgehead atoms. The average Bonchev–Trinajstić information content (AvgIpc) is 2.73. The SMILES string of the molecule is Nc1nc2sccn2c1S(=O)(=O)NCCC(F)(F)F. The van der Waals surface area contributed by atoms with Crippen molar-refractivity contribution in [2.24, 2.45) is 0 Å². The number of nitrogens with two attached hydrogens (primary N) is 1. The first-order chi connectivity index (χ1) is 8.71. The molecule has 0 radical (unpaired) electrons. The number of nitrogens with zero attached hydrogens (tertiary/aromatic N) is 2. The normalized spacial score (nSPS) is 13.2. The van der Waals surface area contributed by atoms with Gasteiger partial charge in [-0.25, -0.2) is 18.1 Å². The Morgan fingerprint density at radius 2 is 2.16 bits per heavy atom. The van der Waals surface area contributed by atoms with E-state index in [-0.39, 0.29) is 10.8 Å². The molecule has 0 amide bonds. The molecular weight excluding hydrogens is 305 g/mol. The molecule has 2 rings (SSSR count). The first-order valence-electron chi connectivity index (χ1n) is 4.98. The zero-order chi connectivity index (χ0) is 14.3. The van der Waals surface area contributed by atoms with Crippen LogP contribution in [0.1, 0.15) is 6.42 Å². The highest BCUT2D eigenvalue weighted by Crippen LogP contribution is 2.24. The summed E-state index contributed by atoms with van der Waals surface area (Å²) < 4.78 is 62.8. The van der Waals surface area contributed by atoms with Crippen LogP contribution in [0.3, 0.4) is 0 Å². The lowest BCUT2D eigenvalue weighted by atomic mass is 10.4. The van der Waals surface area contributed by atoms with Crippen LogP contribution in [0, 0.1) is 0 Å². The quantitative estimate of drug-likeness (QED) is 0.887. The van der Waals surface area contributed by atoms with E-state index in [0.29, 0.717) is 4.96 Å². The summed E-state index contributed by atoms with van der Waals surface area (Å²) in [7, 11) is -4.13. The summed E-state index contributed by atoms with van der Waals surface area (Å²) in [6, 6.07) is 0. The Morgan fingerprint density at radius 1 is 1.47 bits per heavy atom. The fourth-order valence-corrected chi connectivity index (χ4v) is 3.46. The van der Waals surface area contributed by atoms with E-state index in [1.54, 1.807) is 5.38 Å². The van der Waals surface area contributed by atoms with Crippen LogP contribution in [0.2, 0.25) is 0 Å². The molecule has 0 spiro atoms. The van der Waals surface area contributed by atoms with Crippen molar-refractivity contribution in [1.82, 2.24) is 14.1 Å². The highest BCUT2D eigenvalue weighted by molar-refractivity contribution is 7.89. The second-order valence-electron chi connectivity index (χ2n) is 3.62. The Labute approximate surface area is 110 Å². The highest BCUT2D eigenvalue weighted by atomic mass is 32.2. The molecule has 0 aromatic carbocycles. The molecule has 3 N–H and O–H groups in total. The van der Waals surface area contributed by atoms with Crippen LogP contribution in [-0.4, -0.2) is 30.5 Å². The standard InChI is InChI=1S/C8H9F3N4O2S2/c9-8(10,11)1-2-13-19(16,17)6-5(12)14-7-15(6)3-4-18-7/h3-4,13H,1-2,12H2. The summed E-state index contributed by atoms with van der Waals surface area (Å²) in [5.41, 5.74) is 5.47. The Bertz CT molecular complexity index is 688. The zero-order valence-electron chi connectivity index (χ0n) is 9.31. The van der Waals surface area contributed by atoms with Crippen LogP contribution < -0.4 is 10.5 Å². The third-order valence-corrected chi connectivity index (χ3v) is 4.45. The van der Waals surface area contributed by atoms with Crippen molar-refractivity contribution < 1.29 is 21.6 Å². The Kier molecular flexibility index (Phi) is 3.45. The fraction of sp³-hybridized carbons (Fsp3) is 0.375. The molecule has 6 nitrogen and oxygen atoms in total. The van der Waals surface area contributed by atoms with Crippen LogP contribution in [0.25, 0.3) is 4.96 Å². The maximum atomic E-state index is 12.0. The number of rotatable bonds is 4. The van der Waals surface area contributed by atoms with Crippen molar-refractivity contribution in [1.29, 1.82) is 0 Å². The fourth-order valence-electron chi connectivity index (χ4n) is 1.44. The van der Waals surface area contributed by atoms with E-state index in [9.17, 15) is 21.6 Å². The van der Waals surface area contributed by atoms with Crippen molar-refractivity contribution in [3.05, 3.63) is 11.6 Å². The topological polar surface area (TPSA) is 89.5 Å². The van der Waals surface area contributed by atoms with E-state index in [1.165, 1.54) is 21.9 Å². The van der Waals surface area contributed by atoms with Crippen LogP contribution in [0.4, 0.5) is 19.0 Å². The number of nitrogens with one attached hydrogen (secondary N) is 1. The molecule has 2 aromatic heterocycles. The molecule has 11 heteroatoms. The third-order valence-electron chi connectivity index (χ3n) is 2.20. The maximum Gasteiger partial charge on any atom is 0.390 e. The third kappa shape index (κ3) is 2.98. The number of aromatic nitrogens is 2. The Balaban J connectivity index is 2.24. The number of halogens is 3. The summed E-state index contributed by atoms with van der Waals surface area (Å²) in [4.78, 5) is 4.17. The largest absolute Gasteiger partial charge is 0.390 e. The van der Waals surface area contributed by atoms with Crippen molar-refractivity contribution >= 4 is 32.1 Å². The van der Waals surface area contributed by atoms with Gasteiger partial charge in [-0.15, -0.1) is 11.3 Å². The van der Waals surface area contributed by atoms with Gasteiger partial charge in [0.2, 0.25) is 0 Å². The van der Waals surface area contributed by atoms with Gasteiger partial charge in [0, 0.05) is 18.1 Å². The molecule has 0 saturated carbocycles. The monoisotopic (exact) mass is 314 g/mol. The van der Waals surface area contributed by atoms with E-state index in [0.717, 1.165) is 0 Å². The summed E-state index contributed by atoms with van der Waals surface area (Å²) in [5, 5.41) is 1.25. The molecule has 2 aromatic rings. The van der Waals surface area contributed by atoms with Crippen molar-refractivity contribution in [3.63, 3.8) is 0 Å². The van der Waals surface area contributed by atoms with E-state index in [2.05, 4.69) is 4.98 Å². The molecule has 2 heterocycles. The van der Waals surface area contributed by atoms with Gasteiger partial charge in [-0.1, -0.05) is 0 Å². The van der Waals surface area contributed by atoms with E-state index in [1.807, 2.05) is 4.72 Å². The predicted octanol–water partition coefficient (Wildman–Crippen LogP) is 1.21. The van der Waals surface area contributed by atoms with Gasteiger partial charge in [-0.2, -0.15) is 13.2 Å². The first-order valence-corrected chi connectivity index (χ1v) is 7.34. The highest BCUT2D eigenvalue weighted by Gasteiger charge is 2.29. The number of fused-ring (bicyclic) bond motifs is 1. The van der Waals surface area contributed by atoms with Crippen LogP contribution in [0.5, 0.6) is 0 Å². The Morgan fingerprint density at radius 3 is 2.79 bits per heavy atom. The van der Waals surface area contributed by atoms with E-state index < -0.39 is 29.2 Å². The number of alkyl halides is 3. The van der Waals surface area contributed by atoms with Gasteiger partial charge < -0.3 is 5.73 Å². The smallest absolute Gasteiger partial charge is 0.381 e. The second-order valence-corrected chi connectivity index (χ2v) is 6.18. The minimum absolute atomic E-state index is 0.244. The van der Waals surface area contributed by atoms with Gasteiger partial charge in [-0.05, 0) is 0 Å². The van der Waals surface area contributed by atoms with Crippen LogP contribution in [0.15, 0.2) is 16.6 Å². The molecule has 0 fully saturated rings. The Hall–Kier alpha value is -1.33. The predicted molar refractivity (Wildman–Crippen MR) is 63.3 cm³/mol. The number of thiazole rings is 1. The van der Waals surface area contributed by atoms with Gasteiger partial charge in [0.15, 0.2) is 15.8 Å². The van der Waals surface area contributed by atoms with Gasteiger partial charge >= 0.3 is 6.18 Å². The van der Waals surface area contributed by atoms with Gasteiger partial charge in [0.1, 0.15) is 0 Å².